The maximum atomic E-state index is 6.31. The number of benzene rings is 2. The van der Waals surface area contributed by atoms with E-state index in [1.54, 1.807) is 11.8 Å². The number of nitrogens with zero attached hydrogens (tertiary/aromatic N) is 3. The summed E-state index contributed by atoms with van der Waals surface area (Å²) in [6.07, 6.45) is 7.49. The van der Waals surface area contributed by atoms with Gasteiger partial charge in [0.15, 0.2) is 0 Å². The Labute approximate surface area is 236 Å². The van der Waals surface area contributed by atoms with Gasteiger partial charge in [-0.15, -0.1) is 0 Å². The molecule has 188 valence electrons. The van der Waals surface area contributed by atoms with Crippen LogP contribution in [0.15, 0.2) is 93.2 Å². The Balaban J connectivity index is 0.000000378. The smallest absolute Gasteiger partial charge is 0.0713 e. The second-order valence-corrected chi connectivity index (χ2v) is 10.3. The average molecular weight is 565 g/mol. The fourth-order valence-electron chi connectivity index (χ4n) is 3.34. The van der Waals surface area contributed by atoms with Gasteiger partial charge in [-0.2, -0.15) is 6.08 Å². The van der Waals surface area contributed by atoms with Crippen LogP contribution in [0.2, 0.25) is 5.02 Å². The molecule has 35 heavy (non-hydrogen) atoms. The summed E-state index contributed by atoms with van der Waals surface area (Å²) in [5.74, 6) is 0. The number of thioether (sulfide) groups is 2. The third kappa shape index (κ3) is 10.5. The van der Waals surface area contributed by atoms with E-state index in [4.69, 9.17) is 18.2 Å². The minimum atomic E-state index is 0. The van der Waals surface area contributed by atoms with E-state index in [9.17, 15) is 0 Å². The van der Waals surface area contributed by atoms with E-state index < -0.39 is 0 Å². The van der Waals surface area contributed by atoms with Crippen molar-refractivity contribution in [2.24, 2.45) is 0 Å². The molecule has 3 rings (SSSR count). The number of anilines is 1. The summed E-state index contributed by atoms with van der Waals surface area (Å²) in [5, 5.41) is 4.40. The summed E-state index contributed by atoms with van der Waals surface area (Å²) in [6, 6.07) is 16.4. The first-order chi connectivity index (χ1) is 16.4. The molecule has 1 saturated heterocycles. The molecule has 1 heterocycles. The van der Waals surface area contributed by atoms with Crippen molar-refractivity contribution in [2.75, 3.05) is 39.1 Å². The monoisotopic (exact) mass is 564 g/mol. The van der Waals surface area contributed by atoms with Crippen molar-refractivity contribution in [2.45, 2.75) is 25.3 Å². The molecule has 2 aromatic carbocycles. The van der Waals surface area contributed by atoms with Crippen molar-refractivity contribution in [1.82, 2.24) is 9.80 Å². The molecule has 0 saturated carbocycles. The van der Waals surface area contributed by atoms with Gasteiger partial charge in [0.05, 0.1) is 22.3 Å². The molecule has 0 spiro atoms. The van der Waals surface area contributed by atoms with Crippen molar-refractivity contribution in [1.29, 1.82) is 0 Å². The van der Waals surface area contributed by atoms with Crippen LogP contribution in [-0.4, -0.2) is 44.0 Å². The van der Waals surface area contributed by atoms with Crippen LogP contribution in [0.4, 0.5) is 5.69 Å². The molecule has 7 heteroatoms. The molecule has 0 radical (unpaired) electrons. The maximum Gasteiger partial charge on any atom is 0.0713 e. The van der Waals surface area contributed by atoms with Crippen molar-refractivity contribution in [3.8, 4) is 0 Å². The van der Waals surface area contributed by atoms with Gasteiger partial charge in [0.1, 0.15) is 0 Å². The third-order valence-electron chi connectivity index (χ3n) is 4.96. The molecule has 1 fully saturated rings. The Morgan fingerprint density at radius 2 is 1.83 bits per heavy atom. The SMILES string of the molecule is C/C=C1\S/C(=C/Sc2cccc(Cl)c2N(C)C)CN1CC.[CH-]=C/C=C\N(C)Cc1ccccc1.[Cr]. The molecule has 1 aliphatic heterocycles. The Morgan fingerprint density at radius 3 is 2.40 bits per heavy atom. The van der Waals surface area contributed by atoms with Gasteiger partial charge in [0.25, 0.3) is 0 Å². The quantitative estimate of drug-likeness (QED) is 0.183. The van der Waals surface area contributed by atoms with Crippen LogP contribution in [0.1, 0.15) is 19.4 Å². The van der Waals surface area contributed by atoms with E-state index in [1.165, 1.54) is 26.5 Å². The van der Waals surface area contributed by atoms with E-state index in [-0.39, 0.29) is 17.4 Å². The van der Waals surface area contributed by atoms with Gasteiger partial charge in [-0.05, 0) is 37.0 Å². The van der Waals surface area contributed by atoms with E-state index in [1.807, 2.05) is 75.5 Å². The summed E-state index contributed by atoms with van der Waals surface area (Å²) in [7, 11) is 6.08. The van der Waals surface area contributed by atoms with Crippen molar-refractivity contribution in [3.63, 3.8) is 0 Å². The number of hydrogen-bond acceptors (Lipinski definition) is 5. The fourth-order valence-corrected chi connectivity index (χ4v) is 5.90. The zero-order chi connectivity index (χ0) is 24.9. The largest absolute Gasteiger partial charge is 0.393 e. The second-order valence-electron chi connectivity index (χ2n) is 7.86. The number of likely N-dealkylation sites (N-methyl/N-ethyl adjacent to an activating group) is 1. The normalized spacial score (nSPS) is 15.1. The molecule has 2 aromatic rings. The molecule has 0 atom stereocenters. The minimum absolute atomic E-state index is 0. The molecule has 0 N–H and O–H groups in total. The first-order valence-electron chi connectivity index (χ1n) is 11.3. The van der Waals surface area contributed by atoms with E-state index in [0.717, 1.165) is 30.3 Å². The summed E-state index contributed by atoms with van der Waals surface area (Å²) >= 11 is 9.92. The van der Waals surface area contributed by atoms with E-state index in [0.29, 0.717) is 0 Å². The van der Waals surface area contributed by atoms with Crippen LogP contribution in [0, 0.1) is 6.58 Å². The van der Waals surface area contributed by atoms with Crippen molar-refractivity contribution >= 4 is 40.8 Å². The summed E-state index contributed by atoms with van der Waals surface area (Å²) < 4.78 is 0. The van der Waals surface area contributed by atoms with E-state index >= 15 is 0 Å². The molecule has 0 amide bonds. The molecular formula is C28H35ClCrN3S2-. The van der Waals surface area contributed by atoms with Gasteiger partial charge in [0.2, 0.25) is 0 Å². The zero-order valence-corrected chi connectivity index (χ0v) is 24.8. The van der Waals surface area contributed by atoms with Crippen LogP contribution < -0.4 is 4.90 Å². The standard InChI is InChI=1S/C16H21ClN2S2.C12H14N.Cr/c1-5-15-19(6-2)10-12(21-15)11-20-14-9-7-8-13(17)16(14)18(3)4;1-3-4-10-13(2)11-12-8-6-5-7-9-12;/h5,7-9,11H,6,10H2,1-4H3;1,3-10H,11H2,2H3;/q;-1;/b12-11+,15-5-;10-4-;. The number of para-hydroxylation sites is 1. The minimum Gasteiger partial charge on any atom is -0.393 e. The number of halogens is 1. The van der Waals surface area contributed by atoms with Crippen molar-refractivity contribution in [3.05, 3.63) is 105 Å². The Bertz CT molecular complexity index is 1010. The zero-order valence-electron chi connectivity index (χ0n) is 21.1. The average Bonchev–Trinajstić information content (AvgIpc) is 3.24. The number of allylic oxidation sites excluding steroid dienone is 3. The molecule has 0 bridgehead atoms. The first kappa shape index (κ1) is 31.4. The molecule has 3 nitrogen and oxygen atoms in total. The van der Waals surface area contributed by atoms with E-state index in [2.05, 4.69) is 58.2 Å². The molecule has 0 aromatic heterocycles. The number of rotatable bonds is 8. The molecule has 0 aliphatic carbocycles. The van der Waals surface area contributed by atoms with Gasteiger partial charge in [-0.25, -0.2) is 6.08 Å². The summed E-state index contributed by atoms with van der Waals surface area (Å²) in [5.41, 5.74) is 2.38. The van der Waals surface area contributed by atoms with Crippen LogP contribution in [0.25, 0.3) is 0 Å². The third-order valence-corrected chi connectivity index (χ3v) is 7.62. The van der Waals surface area contributed by atoms with Crippen LogP contribution in [0.5, 0.6) is 0 Å². The maximum absolute atomic E-state index is 6.31. The van der Waals surface area contributed by atoms with Crippen LogP contribution >= 0.6 is 35.1 Å². The molecule has 0 unspecified atom stereocenters. The van der Waals surface area contributed by atoms with Gasteiger partial charge in [-0.3, -0.25) is 6.58 Å². The number of hydrogen-bond donors (Lipinski definition) is 0. The Hall–Kier alpha value is -1.68. The Kier molecular flexibility index (Phi) is 15.1. The van der Waals surface area contributed by atoms with Gasteiger partial charge < -0.3 is 14.7 Å². The summed E-state index contributed by atoms with van der Waals surface area (Å²) in [4.78, 5) is 9.12. The molecule has 1 aliphatic rings. The van der Waals surface area contributed by atoms with Gasteiger partial charge >= 0.3 is 0 Å². The molecular weight excluding hydrogens is 530 g/mol. The second kappa shape index (κ2) is 16.9. The fraction of sp³-hybridized carbons (Fsp3) is 0.286. The topological polar surface area (TPSA) is 9.72 Å². The van der Waals surface area contributed by atoms with Crippen LogP contribution in [0.3, 0.4) is 0 Å². The predicted molar refractivity (Wildman–Crippen MR) is 154 cm³/mol. The van der Waals surface area contributed by atoms with Crippen LogP contribution in [-0.2, 0) is 23.9 Å². The van der Waals surface area contributed by atoms with Crippen molar-refractivity contribution < 1.29 is 17.4 Å². The Morgan fingerprint density at radius 1 is 1.11 bits per heavy atom. The van der Waals surface area contributed by atoms with Gasteiger partial charge in [0, 0.05) is 61.4 Å². The first-order valence-corrected chi connectivity index (χ1v) is 13.3. The summed E-state index contributed by atoms with van der Waals surface area (Å²) in [6.45, 7) is 12.5. The predicted octanol–water partition coefficient (Wildman–Crippen LogP) is 7.89. The van der Waals surface area contributed by atoms with Gasteiger partial charge in [-0.1, -0.05) is 83.8 Å².